The highest BCUT2D eigenvalue weighted by atomic mass is 32.1. The van der Waals surface area contributed by atoms with Gasteiger partial charge in [0, 0.05) is 29.8 Å². The van der Waals surface area contributed by atoms with E-state index in [1.165, 1.54) is 12.4 Å². The predicted molar refractivity (Wildman–Crippen MR) is 87.0 cm³/mol. The van der Waals surface area contributed by atoms with E-state index in [1.807, 2.05) is 0 Å². The summed E-state index contributed by atoms with van der Waals surface area (Å²) in [5.74, 6) is 0.240. The van der Waals surface area contributed by atoms with Crippen molar-refractivity contribution in [3.05, 3.63) is 23.8 Å². The lowest BCUT2D eigenvalue weighted by molar-refractivity contribution is 0.0284. The van der Waals surface area contributed by atoms with Gasteiger partial charge in [0.2, 0.25) is 0 Å². The number of nitrogens with zero attached hydrogens (tertiary/aromatic N) is 2. The van der Waals surface area contributed by atoms with Crippen LogP contribution in [0.5, 0.6) is 0 Å². The fraction of sp³-hybridized carbons (Fsp3) is 0.667. The summed E-state index contributed by atoms with van der Waals surface area (Å²) in [6.45, 7) is -0.681. The number of aliphatic hydroxyl groups excluding tert-OH is 2. The van der Waals surface area contributed by atoms with Crippen molar-refractivity contribution in [1.29, 1.82) is 0 Å². The molecule has 4 nitrogen and oxygen atoms in total. The standard InChI is InChI=1S/C12H18F2N2O2S3/c13-7(9(18)4-17)1-6-2-15-3-8(16-6)12(21)11(14)10(20)5-19/h2-3,7,9-12,17-21H,1,4-5H2. The molecule has 0 aliphatic carbocycles. The van der Waals surface area contributed by atoms with Gasteiger partial charge in [-0.25, -0.2) is 8.78 Å². The van der Waals surface area contributed by atoms with Crippen molar-refractivity contribution in [2.75, 3.05) is 12.4 Å². The molecule has 1 heterocycles. The SMILES string of the molecule is OCC(O)C(F)Cc1cncc(C(S)C(F)C(S)CS)n1. The highest BCUT2D eigenvalue weighted by Crippen LogP contribution is 2.29. The number of rotatable bonds is 8. The van der Waals surface area contributed by atoms with E-state index >= 15 is 0 Å². The number of alkyl halides is 2. The van der Waals surface area contributed by atoms with Gasteiger partial charge in [-0.05, 0) is 0 Å². The Labute approximate surface area is 138 Å². The van der Waals surface area contributed by atoms with Gasteiger partial charge < -0.3 is 10.2 Å². The molecule has 0 saturated carbocycles. The van der Waals surface area contributed by atoms with Crippen molar-refractivity contribution >= 4 is 37.9 Å². The van der Waals surface area contributed by atoms with Crippen LogP contribution in [-0.2, 0) is 6.42 Å². The average Bonchev–Trinajstić information content (AvgIpc) is 2.51. The molecule has 0 radical (unpaired) electrons. The van der Waals surface area contributed by atoms with E-state index in [-0.39, 0.29) is 23.6 Å². The van der Waals surface area contributed by atoms with Crippen molar-refractivity contribution in [1.82, 2.24) is 9.97 Å². The van der Waals surface area contributed by atoms with E-state index in [0.717, 1.165) is 0 Å². The number of aliphatic hydroxyl groups is 2. The van der Waals surface area contributed by atoms with Gasteiger partial charge in [-0.2, -0.15) is 37.9 Å². The van der Waals surface area contributed by atoms with E-state index in [4.69, 9.17) is 5.11 Å². The minimum Gasteiger partial charge on any atom is -0.394 e. The second kappa shape index (κ2) is 9.14. The number of aromatic nitrogens is 2. The van der Waals surface area contributed by atoms with E-state index in [9.17, 15) is 13.9 Å². The van der Waals surface area contributed by atoms with Crippen LogP contribution in [0.4, 0.5) is 8.78 Å². The topological polar surface area (TPSA) is 66.2 Å². The van der Waals surface area contributed by atoms with Crippen LogP contribution in [-0.4, -0.2) is 56.2 Å². The van der Waals surface area contributed by atoms with Crippen LogP contribution in [0.2, 0.25) is 0 Å². The zero-order chi connectivity index (χ0) is 16.0. The smallest absolute Gasteiger partial charge is 0.134 e. The largest absolute Gasteiger partial charge is 0.394 e. The van der Waals surface area contributed by atoms with Gasteiger partial charge in [0.1, 0.15) is 18.4 Å². The van der Waals surface area contributed by atoms with Crippen LogP contribution in [0.25, 0.3) is 0 Å². The van der Waals surface area contributed by atoms with Gasteiger partial charge in [-0.15, -0.1) is 0 Å². The molecule has 5 atom stereocenters. The van der Waals surface area contributed by atoms with Crippen molar-refractivity contribution in [2.45, 2.75) is 35.4 Å². The molecule has 1 rings (SSSR count). The first-order valence-electron chi connectivity index (χ1n) is 6.25. The molecule has 21 heavy (non-hydrogen) atoms. The lowest BCUT2D eigenvalue weighted by atomic mass is 10.1. The fourth-order valence-electron chi connectivity index (χ4n) is 1.59. The summed E-state index contributed by atoms with van der Waals surface area (Å²) in [5, 5.41) is 16.4. The Hall–Kier alpha value is -0.0900. The molecule has 5 unspecified atom stereocenters. The number of halogens is 2. The summed E-state index contributed by atoms with van der Waals surface area (Å²) in [7, 11) is 0. The van der Waals surface area contributed by atoms with Gasteiger partial charge in [0.25, 0.3) is 0 Å². The van der Waals surface area contributed by atoms with Gasteiger partial charge in [-0.1, -0.05) is 0 Å². The quantitative estimate of drug-likeness (QED) is 0.455. The molecule has 0 aromatic carbocycles. The second-order valence-electron chi connectivity index (χ2n) is 4.54. The molecule has 1 aromatic heterocycles. The molecule has 1 aromatic rings. The average molecular weight is 356 g/mol. The second-order valence-corrected chi connectivity index (χ2v) is 6.13. The van der Waals surface area contributed by atoms with E-state index < -0.39 is 35.6 Å². The molecule has 0 aliphatic rings. The molecule has 120 valence electrons. The first-order valence-corrected chi connectivity index (χ1v) is 7.92. The predicted octanol–water partition coefficient (Wildman–Crippen LogP) is 1.25. The van der Waals surface area contributed by atoms with Crippen molar-refractivity contribution < 1.29 is 19.0 Å². The normalized spacial score (nSPS) is 18.8. The Morgan fingerprint density at radius 2 is 1.90 bits per heavy atom. The van der Waals surface area contributed by atoms with Crippen LogP contribution < -0.4 is 0 Å². The zero-order valence-corrected chi connectivity index (χ0v) is 13.7. The molecule has 0 bridgehead atoms. The summed E-state index contributed by atoms with van der Waals surface area (Å²) >= 11 is 12.2. The Morgan fingerprint density at radius 3 is 2.48 bits per heavy atom. The minimum absolute atomic E-state index is 0.225. The van der Waals surface area contributed by atoms with Crippen molar-refractivity contribution in [3.63, 3.8) is 0 Å². The number of thiol groups is 3. The monoisotopic (exact) mass is 356 g/mol. The zero-order valence-electron chi connectivity index (χ0n) is 11.0. The maximum Gasteiger partial charge on any atom is 0.134 e. The molecule has 0 spiro atoms. The third-order valence-electron chi connectivity index (χ3n) is 2.87. The van der Waals surface area contributed by atoms with Crippen molar-refractivity contribution in [3.8, 4) is 0 Å². The molecule has 0 fully saturated rings. The highest BCUT2D eigenvalue weighted by molar-refractivity contribution is 7.85. The van der Waals surface area contributed by atoms with Crippen LogP contribution in [0, 0.1) is 0 Å². The fourth-order valence-corrected chi connectivity index (χ4v) is 2.43. The highest BCUT2D eigenvalue weighted by Gasteiger charge is 2.27. The third kappa shape index (κ3) is 5.55. The lowest BCUT2D eigenvalue weighted by Gasteiger charge is -2.20. The summed E-state index contributed by atoms with van der Waals surface area (Å²) < 4.78 is 27.6. The number of hydrogen-bond donors (Lipinski definition) is 5. The van der Waals surface area contributed by atoms with Crippen LogP contribution in [0.15, 0.2) is 12.4 Å². The Balaban J connectivity index is 2.80. The molecular formula is C12H18F2N2O2S3. The Morgan fingerprint density at radius 1 is 1.24 bits per heavy atom. The van der Waals surface area contributed by atoms with E-state index in [2.05, 4.69) is 47.9 Å². The Bertz CT molecular complexity index is 445. The maximum atomic E-state index is 14.0. The first kappa shape index (κ1) is 19.0. The first-order chi connectivity index (χ1) is 9.90. The number of hydrogen-bond acceptors (Lipinski definition) is 7. The Kier molecular flexibility index (Phi) is 8.25. The van der Waals surface area contributed by atoms with Gasteiger partial charge in [0.05, 0.1) is 23.2 Å². The summed E-state index contributed by atoms with van der Waals surface area (Å²) in [6.07, 6.45) is -2.09. The molecular weight excluding hydrogens is 338 g/mol. The maximum absolute atomic E-state index is 14.0. The van der Waals surface area contributed by atoms with E-state index in [1.54, 1.807) is 0 Å². The van der Waals surface area contributed by atoms with Gasteiger partial charge in [0.15, 0.2) is 0 Å². The molecule has 0 saturated heterocycles. The van der Waals surface area contributed by atoms with Crippen LogP contribution >= 0.6 is 37.9 Å². The van der Waals surface area contributed by atoms with Gasteiger partial charge in [-0.3, -0.25) is 9.97 Å². The summed E-state index contributed by atoms with van der Waals surface area (Å²) in [5.41, 5.74) is 0.509. The summed E-state index contributed by atoms with van der Waals surface area (Å²) in [6, 6.07) is 0. The molecule has 9 heteroatoms. The summed E-state index contributed by atoms with van der Waals surface area (Å²) in [4.78, 5) is 7.98. The van der Waals surface area contributed by atoms with Crippen LogP contribution in [0.1, 0.15) is 16.6 Å². The third-order valence-corrected chi connectivity index (χ3v) is 4.57. The molecule has 0 aliphatic heterocycles. The van der Waals surface area contributed by atoms with Crippen molar-refractivity contribution in [2.24, 2.45) is 0 Å². The van der Waals surface area contributed by atoms with E-state index in [0.29, 0.717) is 0 Å². The minimum atomic E-state index is -1.67. The lowest BCUT2D eigenvalue weighted by Crippen LogP contribution is -2.28. The van der Waals surface area contributed by atoms with Crippen LogP contribution in [0.3, 0.4) is 0 Å². The molecule has 2 N–H and O–H groups in total. The van der Waals surface area contributed by atoms with Gasteiger partial charge >= 0.3 is 0 Å². The molecule has 0 amide bonds.